The molecular weight excluding hydrogens is 418 g/mol. The van der Waals surface area contributed by atoms with E-state index in [-0.39, 0.29) is 19.1 Å². The lowest BCUT2D eigenvalue weighted by molar-refractivity contribution is 0.00873. The summed E-state index contributed by atoms with van der Waals surface area (Å²) in [5.41, 5.74) is 0.895. The van der Waals surface area contributed by atoms with Crippen molar-refractivity contribution in [2.45, 2.75) is 18.8 Å². The van der Waals surface area contributed by atoms with Gasteiger partial charge < -0.3 is 33.4 Å². The SMILES string of the molecule is COc1ccc2c(c1)O[C@@H](c1ccc3c(c1)OCO3)[C@H](OC(=O)NCc1ccco1)C2=O. The van der Waals surface area contributed by atoms with E-state index in [1.165, 1.54) is 13.4 Å². The summed E-state index contributed by atoms with van der Waals surface area (Å²) in [6.45, 7) is 0.231. The number of nitrogens with one attached hydrogen (secondary N) is 1. The maximum atomic E-state index is 13.3. The van der Waals surface area contributed by atoms with Crippen LogP contribution in [0, 0.1) is 0 Å². The second-order valence-electron chi connectivity index (χ2n) is 7.14. The Balaban J connectivity index is 1.44. The van der Waals surface area contributed by atoms with Crippen LogP contribution in [0.4, 0.5) is 4.79 Å². The molecule has 1 aromatic heterocycles. The Kier molecular flexibility index (Phi) is 5.06. The van der Waals surface area contributed by atoms with Gasteiger partial charge in [-0.3, -0.25) is 4.79 Å². The largest absolute Gasteiger partial charge is 0.497 e. The minimum Gasteiger partial charge on any atom is -0.497 e. The van der Waals surface area contributed by atoms with Gasteiger partial charge in [-0.25, -0.2) is 4.79 Å². The van der Waals surface area contributed by atoms with E-state index in [1.54, 1.807) is 48.5 Å². The zero-order valence-electron chi connectivity index (χ0n) is 17.0. The number of furan rings is 1. The van der Waals surface area contributed by atoms with Crippen LogP contribution in [-0.2, 0) is 11.3 Å². The van der Waals surface area contributed by atoms with Gasteiger partial charge in [0.15, 0.2) is 17.6 Å². The molecule has 9 nitrogen and oxygen atoms in total. The van der Waals surface area contributed by atoms with Crippen molar-refractivity contribution in [1.82, 2.24) is 5.32 Å². The summed E-state index contributed by atoms with van der Waals surface area (Å²) < 4.78 is 32.9. The highest BCUT2D eigenvalue weighted by atomic mass is 16.7. The van der Waals surface area contributed by atoms with E-state index in [0.717, 1.165) is 0 Å². The molecule has 2 atom stereocenters. The summed E-state index contributed by atoms with van der Waals surface area (Å²) in [4.78, 5) is 25.8. The summed E-state index contributed by atoms with van der Waals surface area (Å²) in [7, 11) is 1.52. The van der Waals surface area contributed by atoms with Gasteiger partial charge in [-0.15, -0.1) is 0 Å². The number of alkyl carbamates (subject to hydrolysis) is 1. The van der Waals surface area contributed by atoms with E-state index < -0.39 is 18.3 Å². The average Bonchev–Trinajstić information content (AvgIpc) is 3.50. The maximum absolute atomic E-state index is 13.3. The molecule has 1 N–H and O–H groups in total. The molecule has 0 radical (unpaired) electrons. The van der Waals surface area contributed by atoms with E-state index in [4.69, 9.17) is 28.1 Å². The van der Waals surface area contributed by atoms with Crippen molar-refractivity contribution in [1.29, 1.82) is 0 Å². The molecule has 0 spiro atoms. The Hall–Kier alpha value is -4.14. The first kappa shape index (κ1) is 19.8. The number of carbonyl (C=O) groups excluding carboxylic acids is 2. The number of ketones is 1. The first-order chi connectivity index (χ1) is 15.6. The molecule has 5 rings (SSSR count). The molecule has 32 heavy (non-hydrogen) atoms. The lowest BCUT2D eigenvalue weighted by atomic mass is 9.93. The van der Waals surface area contributed by atoms with Crippen molar-refractivity contribution in [2.24, 2.45) is 0 Å². The Morgan fingerprint density at radius 1 is 1.09 bits per heavy atom. The Bertz CT molecular complexity index is 1160. The van der Waals surface area contributed by atoms with Gasteiger partial charge in [0.1, 0.15) is 17.3 Å². The molecule has 9 heteroatoms. The topological polar surface area (TPSA) is 105 Å². The number of ether oxygens (including phenoxy) is 5. The number of carbonyl (C=O) groups is 2. The minimum atomic E-state index is -1.21. The van der Waals surface area contributed by atoms with Crippen LogP contribution in [0.5, 0.6) is 23.0 Å². The van der Waals surface area contributed by atoms with E-state index in [9.17, 15) is 9.59 Å². The first-order valence-corrected chi connectivity index (χ1v) is 9.87. The van der Waals surface area contributed by atoms with Crippen LogP contribution in [0.3, 0.4) is 0 Å². The van der Waals surface area contributed by atoms with Crippen LogP contribution in [0.25, 0.3) is 0 Å². The number of hydrogen-bond acceptors (Lipinski definition) is 8. The zero-order chi connectivity index (χ0) is 22.1. The molecule has 0 aliphatic carbocycles. The lowest BCUT2D eigenvalue weighted by Crippen LogP contribution is -2.42. The highest BCUT2D eigenvalue weighted by Crippen LogP contribution is 2.41. The number of Topliss-reactive ketones (excluding diaryl/α,β-unsaturated/α-hetero) is 1. The summed E-state index contributed by atoms with van der Waals surface area (Å²) in [6.07, 6.45) is -1.38. The van der Waals surface area contributed by atoms with E-state index in [1.807, 2.05) is 0 Å². The molecular formula is C23H19NO8. The van der Waals surface area contributed by atoms with Gasteiger partial charge in [0, 0.05) is 11.6 Å². The number of fused-ring (bicyclic) bond motifs is 2. The normalized spacial score (nSPS) is 18.5. The molecule has 0 bridgehead atoms. The molecule has 0 unspecified atom stereocenters. The quantitative estimate of drug-likeness (QED) is 0.645. The molecule has 0 saturated carbocycles. The van der Waals surface area contributed by atoms with Crippen molar-refractivity contribution in [3.63, 3.8) is 0 Å². The second kappa shape index (κ2) is 8.18. The highest BCUT2D eigenvalue weighted by molar-refractivity contribution is 6.04. The highest BCUT2D eigenvalue weighted by Gasteiger charge is 2.42. The Labute approximate surface area is 182 Å². The standard InChI is InChI=1S/C23H19NO8/c1-27-14-5-6-16-18(10-14)31-21(13-4-7-17-19(9-13)30-12-29-17)22(20(16)25)32-23(26)24-11-15-3-2-8-28-15/h2-10,21-22H,11-12H2,1H3,(H,24,26)/t21-,22+/m0/s1. The van der Waals surface area contributed by atoms with Gasteiger partial charge in [-0.1, -0.05) is 6.07 Å². The third-order valence-corrected chi connectivity index (χ3v) is 5.19. The third kappa shape index (κ3) is 3.68. The molecule has 0 saturated heterocycles. The monoisotopic (exact) mass is 437 g/mol. The fourth-order valence-electron chi connectivity index (χ4n) is 3.60. The lowest BCUT2D eigenvalue weighted by Gasteiger charge is -2.32. The molecule has 1 amide bonds. The summed E-state index contributed by atoms with van der Waals surface area (Å²) in [6, 6.07) is 13.5. The molecule has 0 fully saturated rings. The van der Waals surface area contributed by atoms with E-state index in [0.29, 0.717) is 39.9 Å². The van der Waals surface area contributed by atoms with Crippen molar-refractivity contribution >= 4 is 11.9 Å². The predicted octanol–water partition coefficient (Wildman–Crippen LogP) is 3.63. The third-order valence-electron chi connectivity index (χ3n) is 5.19. The molecule has 2 aromatic carbocycles. The van der Waals surface area contributed by atoms with Crippen molar-refractivity contribution < 1.29 is 37.7 Å². The van der Waals surface area contributed by atoms with Crippen LogP contribution in [0.1, 0.15) is 27.8 Å². The number of benzene rings is 2. The number of hydrogen-bond donors (Lipinski definition) is 1. The Morgan fingerprint density at radius 3 is 2.78 bits per heavy atom. The molecule has 3 heterocycles. The summed E-state index contributed by atoms with van der Waals surface area (Å²) >= 11 is 0. The number of amides is 1. The van der Waals surface area contributed by atoms with Gasteiger partial charge in [0.05, 0.1) is 25.5 Å². The molecule has 3 aromatic rings. The summed E-state index contributed by atoms with van der Waals surface area (Å²) in [5.74, 6) is 2.16. The van der Waals surface area contributed by atoms with Crippen LogP contribution in [0.15, 0.2) is 59.2 Å². The fourth-order valence-corrected chi connectivity index (χ4v) is 3.60. The van der Waals surface area contributed by atoms with Crippen molar-refractivity contribution in [3.8, 4) is 23.0 Å². The van der Waals surface area contributed by atoms with Gasteiger partial charge in [0.25, 0.3) is 0 Å². The smallest absolute Gasteiger partial charge is 0.408 e. The van der Waals surface area contributed by atoms with Crippen molar-refractivity contribution in [2.75, 3.05) is 13.9 Å². The number of rotatable bonds is 5. The van der Waals surface area contributed by atoms with Crippen LogP contribution in [0.2, 0.25) is 0 Å². The predicted molar refractivity (Wildman–Crippen MR) is 109 cm³/mol. The zero-order valence-corrected chi connectivity index (χ0v) is 17.0. The fraction of sp³-hybridized carbons (Fsp3) is 0.217. The second-order valence-corrected chi connectivity index (χ2v) is 7.14. The first-order valence-electron chi connectivity index (χ1n) is 9.87. The van der Waals surface area contributed by atoms with Gasteiger partial charge in [-0.2, -0.15) is 0 Å². The van der Waals surface area contributed by atoms with Gasteiger partial charge in [0.2, 0.25) is 18.7 Å². The van der Waals surface area contributed by atoms with Crippen molar-refractivity contribution in [3.05, 3.63) is 71.7 Å². The van der Waals surface area contributed by atoms with Crippen LogP contribution >= 0.6 is 0 Å². The van der Waals surface area contributed by atoms with Crippen LogP contribution < -0.4 is 24.3 Å². The maximum Gasteiger partial charge on any atom is 0.408 e. The molecule has 2 aliphatic heterocycles. The Morgan fingerprint density at radius 2 is 1.97 bits per heavy atom. The van der Waals surface area contributed by atoms with E-state index >= 15 is 0 Å². The molecule has 164 valence electrons. The minimum absolute atomic E-state index is 0.110. The molecule has 2 aliphatic rings. The number of methoxy groups -OCH3 is 1. The van der Waals surface area contributed by atoms with Gasteiger partial charge in [-0.05, 0) is 36.4 Å². The average molecular weight is 437 g/mol. The van der Waals surface area contributed by atoms with E-state index in [2.05, 4.69) is 5.32 Å². The van der Waals surface area contributed by atoms with Crippen LogP contribution in [-0.4, -0.2) is 31.9 Å². The summed E-state index contributed by atoms with van der Waals surface area (Å²) in [5, 5.41) is 2.58. The van der Waals surface area contributed by atoms with Gasteiger partial charge >= 0.3 is 6.09 Å².